The van der Waals surface area contributed by atoms with Gasteiger partial charge in [0.15, 0.2) is 0 Å². The number of aromatic nitrogens is 2. The summed E-state index contributed by atoms with van der Waals surface area (Å²) in [6, 6.07) is 1.64. The van der Waals surface area contributed by atoms with E-state index in [1.165, 1.54) is 0 Å². The van der Waals surface area contributed by atoms with E-state index in [9.17, 15) is 4.79 Å². The summed E-state index contributed by atoms with van der Waals surface area (Å²) in [6.45, 7) is 0. The molecule has 0 aliphatic heterocycles. The van der Waals surface area contributed by atoms with Crippen molar-refractivity contribution < 1.29 is 4.79 Å². The molecule has 1 aromatic heterocycles. The van der Waals surface area contributed by atoms with Crippen molar-refractivity contribution in [2.45, 2.75) is 0 Å². The van der Waals surface area contributed by atoms with E-state index in [-0.39, 0.29) is 5.91 Å². The molecule has 5 heteroatoms. The Hall–Kier alpha value is -1.52. The quantitative estimate of drug-likeness (QED) is 0.553. The Morgan fingerprint density at radius 1 is 1.64 bits per heavy atom. The van der Waals surface area contributed by atoms with Crippen LogP contribution < -0.4 is 10.6 Å². The van der Waals surface area contributed by atoms with E-state index in [4.69, 9.17) is 0 Å². The van der Waals surface area contributed by atoms with Gasteiger partial charge in [-0.25, -0.2) is 0 Å². The van der Waals surface area contributed by atoms with Gasteiger partial charge >= 0.3 is 0 Å². The summed E-state index contributed by atoms with van der Waals surface area (Å²) in [5, 5.41) is 11.7. The minimum atomic E-state index is -0.168. The smallest absolute Gasteiger partial charge is 0.269 e. The predicted molar refractivity (Wildman–Crippen MR) is 41.5 cm³/mol. The van der Waals surface area contributed by atoms with Gasteiger partial charge in [0.05, 0.1) is 0 Å². The van der Waals surface area contributed by atoms with Gasteiger partial charge < -0.3 is 10.6 Å². The molecule has 0 saturated carbocycles. The van der Waals surface area contributed by atoms with Crippen molar-refractivity contribution in [3.8, 4) is 0 Å². The number of carbonyl (C=O) groups is 1. The molecule has 5 nitrogen and oxygen atoms in total. The molecule has 1 rings (SSSR count). The number of anilines is 1. The molecule has 0 radical (unpaired) electrons. The van der Waals surface area contributed by atoms with Gasteiger partial charge in [0.2, 0.25) is 0 Å². The lowest BCUT2D eigenvalue weighted by Crippen LogP contribution is -2.17. The standard InChI is InChI=1S/C6H10N4O/c1-7-5-3-4(9-10-5)6(11)8-2/h3H,1-2H3,(H,8,11)(H2,7,9,10). The number of hydrogen-bond acceptors (Lipinski definition) is 3. The van der Waals surface area contributed by atoms with Crippen molar-refractivity contribution in [2.24, 2.45) is 0 Å². The predicted octanol–water partition coefficient (Wildman–Crippen LogP) is -0.189. The maximum Gasteiger partial charge on any atom is 0.269 e. The van der Waals surface area contributed by atoms with E-state index in [0.717, 1.165) is 0 Å². The summed E-state index contributed by atoms with van der Waals surface area (Å²) in [6.07, 6.45) is 0. The molecule has 0 bridgehead atoms. The molecular formula is C6H10N4O. The van der Waals surface area contributed by atoms with Gasteiger partial charge in [0.25, 0.3) is 5.91 Å². The zero-order valence-corrected chi connectivity index (χ0v) is 6.43. The molecule has 1 amide bonds. The Morgan fingerprint density at radius 3 is 2.82 bits per heavy atom. The highest BCUT2D eigenvalue weighted by molar-refractivity contribution is 5.92. The molecule has 0 aliphatic carbocycles. The van der Waals surface area contributed by atoms with Crippen LogP contribution in [0, 0.1) is 0 Å². The molecule has 1 heterocycles. The number of nitrogens with zero attached hydrogens (tertiary/aromatic N) is 1. The maximum atomic E-state index is 10.9. The Kier molecular flexibility index (Phi) is 2.10. The molecule has 60 valence electrons. The number of aromatic amines is 1. The number of hydrogen-bond donors (Lipinski definition) is 3. The van der Waals surface area contributed by atoms with Gasteiger partial charge in [-0.1, -0.05) is 0 Å². The monoisotopic (exact) mass is 154 g/mol. The van der Waals surface area contributed by atoms with Crippen LogP contribution in [0.1, 0.15) is 10.5 Å². The van der Waals surface area contributed by atoms with Gasteiger partial charge in [-0.2, -0.15) is 5.10 Å². The second kappa shape index (κ2) is 3.05. The Morgan fingerprint density at radius 2 is 2.36 bits per heavy atom. The summed E-state index contributed by atoms with van der Waals surface area (Å²) >= 11 is 0. The van der Waals surface area contributed by atoms with Crippen LogP contribution in [0.5, 0.6) is 0 Å². The minimum Gasteiger partial charge on any atom is -0.372 e. The highest BCUT2D eigenvalue weighted by Crippen LogP contribution is 2.02. The molecule has 1 aromatic rings. The molecule has 0 aromatic carbocycles. The third-order valence-corrected chi connectivity index (χ3v) is 1.31. The Labute approximate surface area is 64.2 Å². The maximum absolute atomic E-state index is 10.9. The van der Waals surface area contributed by atoms with Crippen LogP contribution in [0.25, 0.3) is 0 Å². The number of amides is 1. The van der Waals surface area contributed by atoms with Crippen molar-refractivity contribution in [1.29, 1.82) is 0 Å². The molecule has 0 saturated heterocycles. The Bertz CT molecular complexity index is 255. The highest BCUT2D eigenvalue weighted by Gasteiger charge is 2.05. The zero-order chi connectivity index (χ0) is 8.27. The second-order valence-electron chi connectivity index (χ2n) is 2.00. The highest BCUT2D eigenvalue weighted by atomic mass is 16.1. The van der Waals surface area contributed by atoms with Crippen molar-refractivity contribution in [3.05, 3.63) is 11.8 Å². The van der Waals surface area contributed by atoms with Crippen LogP contribution in [-0.2, 0) is 0 Å². The summed E-state index contributed by atoms with van der Waals surface area (Å²) in [5.41, 5.74) is 0.455. The summed E-state index contributed by atoms with van der Waals surface area (Å²) in [4.78, 5) is 10.9. The van der Waals surface area contributed by atoms with E-state index in [1.54, 1.807) is 20.2 Å². The van der Waals surface area contributed by atoms with Gasteiger partial charge in [-0.05, 0) is 0 Å². The first-order valence-corrected chi connectivity index (χ1v) is 3.23. The van der Waals surface area contributed by atoms with Crippen LogP contribution >= 0.6 is 0 Å². The summed E-state index contributed by atoms with van der Waals surface area (Å²) < 4.78 is 0. The molecule has 0 atom stereocenters. The van der Waals surface area contributed by atoms with Crippen LogP contribution in [0.15, 0.2) is 6.07 Å². The lowest BCUT2D eigenvalue weighted by atomic mass is 10.4. The van der Waals surface area contributed by atoms with Crippen molar-refractivity contribution in [1.82, 2.24) is 15.5 Å². The summed E-state index contributed by atoms with van der Waals surface area (Å²) in [5.74, 6) is 0.489. The SMILES string of the molecule is CNC(=O)c1cc(NC)n[nH]1. The number of rotatable bonds is 2. The lowest BCUT2D eigenvalue weighted by molar-refractivity contribution is 0.0958. The van der Waals surface area contributed by atoms with Crippen LogP contribution in [0.4, 0.5) is 5.82 Å². The first-order valence-electron chi connectivity index (χ1n) is 3.23. The van der Waals surface area contributed by atoms with Crippen molar-refractivity contribution in [2.75, 3.05) is 19.4 Å². The van der Waals surface area contributed by atoms with E-state index < -0.39 is 0 Å². The van der Waals surface area contributed by atoms with Crippen LogP contribution in [-0.4, -0.2) is 30.2 Å². The number of carbonyl (C=O) groups excluding carboxylic acids is 1. The van der Waals surface area contributed by atoms with Crippen LogP contribution in [0.2, 0.25) is 0 Å². The fourth-order valence-electron chi connectivity index (χ4n) is 0.701. The zero-order valence-electron chi connectivity index (χ0n) is 6.43. The molecule has 11 heavy (non-hydrogen) atoms. The van der Waals surface area contributed by atoms with Gasteiger partial charge in [0.1, 0.15) is 11.5 Å². The average molecular weight is 154 g/mol. The fraction of sp³-hybridized carbons (Fsp3) is 0.333. The van der Waals surface area contributed by atoms with Gasteiger partial charge in [-0.15, -0.1) is 0 Å². The lowest BCUT2D eigenvalue weighted by Gasteiger charge is -1.91. The van der Waals surface area contributed by atoms with E-state index >= 15 is 0 Å². The van der Waals surface area contributed by atoms with Crippen molar-refractivity contribution in [3.63, 3.8) is 0 Å². The molecule has 0 aliphatic rings. The minimum absolute atomic E-state index is 0.168. The third-order valence-electron chi connectivity index (χ3n) is 1.31. The van der Waals surface area contributed by atoms with Gasteiger partial charge in [0, 0.05) is 20.2 Å². The molecular weight excluding hydrogens is 144 g/mol. The van der Waals surface area contributed by atoms with E-state index in [2.05, 4.69) is 20.8 Å². The normalized spacial score (nSPS) is 9.27. The summed E-state index contributed by atoms with van der Waals surface area (Å²) in [7, 11) is 3.31. The fourth-order valence-corrected chi connectivity index (χ4v) is 0.701. The number of H-pyrrole nitrogens is 1. The topological polar surface area (TPSA) is 69.8 Å². The second-order valence-corrected chi connectivity index (χ2v) is 2.00. The molecule has 0 fully saturated rings. The first-order chi connectivity index (χ1) is 5.27. The Balaban J connectivity index is 2.80. The van der Waals surface area contributed by atoms with Gasteiger partial charge in [-0.3, -0.25) is 9.89 Å². The first kappa shape index (κ1) is 7.59. The third kappa shape index (κ3) is 1.49. The van der Waals surface area contributed by atoms with E-state index in [1.807, 2.05) is 0 Å². The number of nitrogens with one attached hydrogen (secondary N) is 3. The molecule has 0 spiro atoms. The van der Waals surface area contributed by atoms with Crippen molar-refractivity contribution >= 4 is 11.7 Å². The molecule has 3 N–H and O–H groups in total. The average Bonchev–Trinajstić information content (AvgIpc) is 2.50. The van der Waals surface area contributed by atoms with E-state index in [0.29, 0.717) is 11.5 Å². The molecule has 0 unspecified atom stereocenters. The largest absolute Gasteiger partial charge is 0.372 e. The van der Waals surface area contributed by atoms with Crippen LogP contribution in [0.3, 0.4) is 0 Å².